The number of phenolic OH excluding ortho intramolecular Hbond substituents is 1. The number of phenols is 1. The maximum Gasteiger partial charge on any atom is 0.128 e. The average molecular weight is 368 g/mol. The summed E-state index contributed by atoms with van der Waals surface area (Å²) in [5.74, 6) is 3.92. The third-order valence-corrected chi connectivity index (χ3v) is 7.96. The predicted molar refractivity (Wildman–Crippen MR) is 109 cm³/mol. The van der Waals surface area contributed by atoms with Gasteiger partial charge in [-0.05, 0) is 86.7 Å². The first-order chi connectivity index (χ1) is 13.1. The normalized spacial score (nSPS) is 35.8. The van der Waals surface area contributed by atoms with Crippen LogP contribution in [0.4, 0.5) is 0 Å². The van der Waals surface area contributed by atoms with Crippen LogP contribution in [0.1, 0.15) is 81.8 Å². The first-order valence-corrected chi connectivity index (χ1v) is 11.1. The molecule has 0 heterocycles. The van der Waals surface area contributed by atoms with Crippen LogP contribution in [0.3, 0.4) is 0 Å². The van der Waals surface area contributed by atoms with E-state index in [2.05, 4.69) is 6.07 Å². The summed E-state index contributed by atoms with van der Waals surface area (Å²) < 4.78 is 5.63. The lowest BCUT2D eigenvalue weighted by Crippen LogP contribution is -2.48. The van der Waals surface area contributed by atoms with Crippen LogP contribution in [0.5, 0.6) is 11.5 Å². The van der Waals surface area contributed by atoms with E-state index in [0.717, 1.165) is 34.6 Å². The Morgan fingerprint density at radius 3 is 2.22 bits per heavy atom. The van der Waals surface area contributed by atoms with Crippen LogP contribution >= 0.6 is 0 Å². The summed E-state index contributed by atoms with van der Waals surface area (Å²) in [7, 11) is 1.73. The molecular weight excluding hydrogens is 334 g/mol. The molecule has 6 rings (SSSR count). The molecule has 0 unspecified atom stereocenters. The Morgan fingerprint density at radius 2 is 1.63 bits per heavy atom. The van der Waals surface area contributed by atoms with Crippen molar-refractivity contribution in [3.63, 3.8) is 0 Å². The Hall–Kier alpha value is -1.51. The first kappa shape index (κ1) is 17.6. The Labute approximate surface area is 163 Å². The monoisotopic (exact) mass is 367 g/mol. The summed E-state index contributed by atoms with van der Waals surface area (Å²) in [6.45, 7) is 0. The Morgan fingerprint density at radius 1 is 1.00 bits per heavy atom. The van der Waals surface area contributed by atoms with E-state index >= 15 is 0 Å². The summed E-state index contributed by atoms with van der Waals surface area (Å²) >= 11 is 0. The van der Waals surface area contributed by atoms with Gasteiger partial charge in [0.2, 0.25) is 0 Å². The lowest BCUT2D eigenvalue weighted by atomic mass is 9.48. The molecule has 4 bridgehead atoms. The highest BCUT2D eigenvalue weighted by Gasteiger charge is 2.52. The van der Waals surface area contributed by atoms with Crippen LogP contribution in [0.2, 0.25) is 0 Å². The number of aliphatic imine (C=N–C) groups is 1. The van der Waals surface area contributed by atoms with Gasteiger partial charge >= 0.3 is 0 Å². The van der Waals surface area contributed by atoms with Crippen LogP contribution in [-0.2, 0) is 5.41 Å². The lowest BCUT2D eigenvalue weighted by Gasteiger charge is -2.57. The topological polar surface area (TPSA) is 41.8 Å². The minimum atomic E-state index is 0.167. The molecule has 0 amide bonds. The molecule has 146 valence electrons. The van der Waals surface area contributed by atoms with Crippen LogP contribution < -0.4 is 4.74 Å². The van der Waals surface area contributed by atoms with Crippen LogP contribution in [0, 0.1) is 17.8 Å². The number of methoxy groups -OCH3 is 1. The van der Waals surface area contributed by atoms with E-state index < -0.39 is 0 Å². The maximum absolute atomic E-state index is 11.3. The minimum Gasteiger partial charge on any atom is -0.507 e. The maximum atomic E-state index is 11.3. The third-order valence-electron chi connectivity index (χ3n) is 7.96. The molecule has 1 aromatic carbocycles. The molecule has 0 spiro atoms. The average Bonchev–Trinajstić information content (AvgIpc) is 2.67. The van der Waals surface area contributed by atoms with Crippen molar-refractivity contribution in [1.82, 2.24) is 0 Å². The SMILES string of the molecule is COc1cc(C=NC2CCCCC2)c(O)c(C23CC4CC(CC(C4)C2)C3)c1. The standard InChI is InChI=1S/C24H33NO2/c1-27-21-10-19(15-25-20-5-3-2-4-6-20)23(26)22(11-21)24-12-16-7-17(13-24)9-18(8-16)14-24/h10-11,15-18,20,26H,2-9,12-14H2,1H3. The second kappa shape index (κ2) is 6.83. The number of rotatable bonds is 4. The van der Waals surface area contributed by atoms with Gasteiger partial charge in [-0.1, -0.05) is 19.3 Å². The zero-order valence-electron chi connectivity index (χ0n) is 16.6. The summed E-state index contributed by atoms with van der Waals surface area (Å²) in [6, 6.07) is 4.51. The highest BCUT2D eigenvalue weighted by molar-refractivity contribution is 5.85. The molecule has 1 N–H and O–H groups in total. The van der Waals surface area contributed by atoms with Gasteiger partial charge in [0.05, 0.1) is 7.11 Å². The van der Waals surface area contributed by atoms with E-state index in [1.807, 2.05) is 12.3 Å². The van der Waals surface area contributed by atoms with Crippen molar-refractivity contribution in [2.24, 2.45) is 22.7 Å². The third kappa shape index (κ3) is 3.17. The van der Waals surface area contributed by atoms with E-state index in [0.29, 0.717) is 11.8 Å². The fourth-order valence-corrected chi connectivity index (χ4v) is 7.11. The van der Waals surface area contributed by atoms with Gasteiger partial charge in [0.1, 0.15) is 11.5 Å². The molecule has 5 saturated carbocycles. The zero-order valence-corrected chi connectivity index (χ0v) is 16.6. The van der Waals surface area contributed by atoms with Crippen molar-refractivity contribution in [3.05, 3.63) is 23.3 Å². The molecule has 5 aliphatic rings. The van der Waals surface area contributed by atoms with Crippen LogP contribution in [-0.4, -0.2) is 24.5 Å². The van der Waals surface area contributed by atoms with Gasteiger partial charge < -0.3 is 9.84 Å². The molecule has 0 saturated heterocycles. The Bertz CT molecular complexity index is 697. The number of hydrogen-bond donors (Lipinski definition) is 1. The van der Waals surface area contributed by atoms with Gasteiger partial charge in [0.25, 0.3) is 0 Å². The summed E-state index contributed by atoms with van der Waals surface area (Å²) in [5.41, 5.74) is 2.16. The molecule has 0 aromatic heterocycles. The number of benzene rings is 1. The first-order valence-electron chi connectivity index (χ1n) is 11.1. The zero-order chi connectivity index (χ0) is 18.4. The van der Waals surface area contributed by atoms with Crippen LogP contribution in [0.15, 0.2) is 17.1 Å². The second-order valence-corrected chi connectivity index (χ2v) is 9.88. The van der Waals surface area contributed by atoms with Gasteiger partial charge in [0, 0.05) is 23.4 Å². The van der Waals surface area contributed by atoms with Gasteiger partial charge in [-0.3, -0.25) is 4.99 Å². The molecule has 1 aromatic rings. The van der Waals surface area contributed by atoms with Crippen molar-refractivity contribution in [2.75, 3.05) is 7.11 Å². The molecule has 5 aliphatic carbocycles. The van der Waals surface area contributed by atoms with Crippen molar-refractivity contribution >= 4 is 6.21 Å². The fraction of sp³-hybridized carbons (Fsp3) is 0.708. The number of ether oxygens (including phenoxy) is 1. The predicted octanol–water partition coefficient (Wildman–Crippen LogP) is 5.62. The molecule has 3 nitrogen and oxygen atoms in total. The van der Waals surface area contributed by atoms with Crippen molar-refractivity contribution in [2.45, 2.75) is 82.1 Å². The molecule has 3 heteroatoms. The highest BCUT2D eigenvalue weighted by atomic mass is 16.5. The van der Waals surface area contributed by atoms with Gasteiger partial charge in [-0.2, -0.15) is 0 Å². The van der Waals surface area contributed by atoms with Crippen molar-refractivity contribution < 1.29 is 9.84 Å². The fourth-order valence-electron chi connectivity index (χ4n) is 7.11. The summed E-state index contributed by atoms with van der Waals surface area (Å²) in [5, 5.41) is 11.3. The molecule has 5 fully saturated rings. The van der Waals surface area contributed by atoms with Gasteiger partial charge in [0.15, 0.2) is 0 Å². The summed E-state index contributed by atoms with van der Waals surface area (Å²) in [6.07, 6.45) is 16.2. The van der Waals surface area contributed by atoms with E-state index in [1.54, 1.807) is 7.11 Å². The number of nitrogens with zero attached hydrogens (tertiary/aromatic N) is 1. The molecule has 0 aliphatic heterocycles. The number of hydrogen-bond acceptors (Lipinski definition) is 3. The quantitative estimate of drug-likeness (QED) is 0.702. The number of aromatic hydroxyl groups is 1. The second-order valence-electron chi connectivity index (χ2n) is 9.88. The molecular formula is C24H33NO2. The van der Waals surface area contributed by atoms with E-state index in [4.69, 9.17) is 9.73 Å². The van der Waals surface area contributed by atoms with E-state index in [9.17, 15) is 5.11 Å². The van der Waals surface area contributed by atoms with E-state index in [-0.39, 0.29) is 5.41 Å². The van der Waals surface area contributed by atoms with E-state index in [1.165, 1.54) is 70.6 Å². The highest BCUT2D eigenvalue weighted by Crippen LogP contribution is 2.62. The summed E-state index contributed by atoms with van der Waals surface area (Å²) in [4.78, 5) is 4.84. The molecule has 0 atom stereocenters. The minimum absolute atomic E-state index is 0.167. The van der Waals surface area contributed by atoms with Crippen molar-refractivity contribution in [3.8, 4) is 11.5 Å². The van der Waals surface area contributed by atoms with Crippen molar-refractivity contribution in [1.29, 1.82) is 0 Å². The molecule has 27 heavy (non-hydrogen) atoms. The molecule has 0 radical (unpaired) electrons. The van der Waals surface area contributed by atoms with Gasteiger partial charge in [-0.15, -0.1) is 0 Å². The largest absolute Gasteiger partial charge is 0.507 e. The Kier molecular flexibility index (Phi) is 4.44. The van der Waals surface area contributed by atoms with Crippen LogP contribution in [0.25, 0.3) is 0 Å². The van der Waals surface area contributed by atoms with Gasteiger partial charge in [-0.25, -0.2) is 0 Å². The Balaban J connectivity index is 1.50. The lowest BCUT2D eigenvalue weighted by molar-refractivity contribution is -0.00622. The smallest absolute Gasteiger partial charge is 0.128 e.